The quantitative estimate of drug-likeness (QED) is 0.0266. The largest absolute Gasteiger partial charge is 0.182 e. The van der Waals surface area contributed by atoms with E-state index in [1.165, 1.54) is 265 Å². The fourth-order valence-corrected chi connectivity index (χ4v) is 26.1. The molecule has 5 heteroatoms. The average Bonchev–Trinajstić information content (AvgIpc) is 2.24. The Labute approximate surface area is 502 Å². The number of unbranched alkanes of at least 4 members (excludes halogenated alkanes) is 26. The van der Waals surface area contributed by atoms with Crippen molar-refractivity contribution in [3.63, 3.8) is 0 Å². The predicted octanol–water partition coefficient (Wildman–Crippen LogP) is 27.8. The summed E-state index contributed by atoms with van der Waals surface area (Å²) in [5.41, 5.74) is 9.72. The summed E-state index contributed by atoms with van der Waals surface area (Å²) in [5, 5.41) is 6.09. The van der Waals surface area contributed by atoms with Crippen LogP contribution in [-0.2, 0) is 25.7 Å². The minimum Gasteiger partial charge on any atom is -0.182 e. The van der Waals surface area contributed by atoms with E-state index in [1.54, 1.807) is 71.3 Å². The third kappa shape index (κ3) is 15.8. The molecular weight excluding hydrogens is 1050 g/mol. The number of hydrogen-bond donors (Lipinski definition) is 0. The molecule has 438 valence electrons. The summed E-state index contributed by atoms with van der Waals surface area (Å²) in [6.07, 6.45) is 48.4. The standard InChI is InChI=1S/C72H106S5.C2H6/c1-9-15-21-27-31-37-42-57-58(43-38-32-28-22-16-10-2)63-52-55(46-48-60(63)59-47-45-53(7)51-62(57)59)64-61(44-36-26-20-14-6)66-68(74-64)72-70(76-66)69-71(67-65(75-69)56(54(8)73-67)41-35-25-19-13-5)77(72,49-39-33-29-23-17-11-3)50-40-34-30-24-18-12-4;1-2/h45-48,51-52H,9-44,49-50H2,1-8H3;1-2H3. The zero-order valence-electron chi connectivity index (χ0n) is 52.4. The lowest BCUT2D eigenvalue weighted by atomic mass is 9.85. The van der Waals surface area contributed by atoms with Gasteiger partial charge in [-0.15, -0.1) is 45.3 Å². The second kappa shape index (κ2) is 34.0. The summed E-state index contributed by atoms with van der Waals surface area (Å²) in [4.78, 5) is 10.5. The van der Waals surface area contributed by atoms with Gasteiger partial charge in [0.15, 0.2) is 0 Å². The summed E-state index contributed by atoms with van der Waals surface area (Å²) in [7, 11) is -1.25. The van der Waals surface area contributed by atoms with E-state index in [2.05, 4.69) is 137 Å². The maximum atomic E-state index is 2.76. The van der Waals surface area contributed by atoms with Crippen molar-refractivity contribution in [3.05, 3.63) is 69.1 Å². The zero-order valence-corrected chi connectivity index (χ0v) is 56.5. The first-order valence-electron chi connectivity index (χ1n) is 33.8. The van der Waals surface area contributed by atoms with Gasteiger partial charge in [0.25, 0.3) is 0 Å². The van der Waals surface area contributed by atoms with Crippen molar-refractivity contribution in [1.82, 2.24) is 0 Å². The minimum atomic E-state index is -1.25. The van der Waals surface area contributed by atoms with Crippen LogP contribution in [0.25, 0.3) is 60.5 Å². The predicted molar refractivity (Wildman–Crippen MR) is 370 cm³/mol. The molecule has 7 aromatic rings. The second-order valence-electron chi connectivity index (χ2n) is 24.1. The molecule has 0 N–H and O–H groups in total. The van der Waals surface area contributed by atoms with Crippen molar-refractivity contribution in [2.75, 3.05) is 11.5 Å². The topological polar surface area (TPSA) is 0 Å². The number of benzene rings is 3. The molecule has 8 rings (SSSR count). The van der Waals surface area contributed by atoms with E-state index in [-0.39, 0.29) is 0 Å². The van der Waals surface area contributed by atoms with E-state index in [4.69, 9.17) is 0 Å². The van der Waals surface area contributed by atoms with E-state index < -0.39 is 10.0 Å². The van der Waals surface area contributed by atoms with Gasteiger partial charge in [0.05, 0.1) is 28.6 Å². The molecule has 0 unspecified atom stereocenters. The van der Waals surface area contributed by atoms with E-state index in [9.17, 15) is 0 Å². The third-order valence-corrected chi connectivity index (χ3v) is 28.2. The van der Waals surface area contributed by atoms with Crippen molar-refractivity contribution in [2.45, 2.75) is 310 Å². The molecule has 0 nitrogen and oxygen atoms in total. The molecule has 0 saturated carbocycles. The lowest BCUT2D eigenvalue weighted by Crippen LogP contribution is -2.09. The molecule has 4 aromatic heterocycles. The number of aryl methyl sites for hydroxylation is 6. The molecule has 3 aromatic carbocycles. The van der Waals surface area contributed by atoms with Gasteiger partial charge in [-0.25, -0.2) is 0 Å². The van der Waals surface area contributed by atoms with Crippen LogP contribution in [0.15, 0.2) is 46.2 Å². The van der Waals surface area contributed by atoms with Crippen LogP contribution in [0.1, 0.15) is 294 Å². The second-order valence-corrected chi connectivity index (χ2v) is 31.8. The summed E-state index contributed by atoms with van der Waals surface area (Å²) in [6, 6.07) is 15.4. The fourth-order valence-electron chi connectivity index (χ4n) is 13.5. The van der Waals surface area contributed by atoms with Crippen molar-refractivity contribution in [3.8, 4) is 20.2 Å². The van der Waals surface area contributed by atoms with Crippen molar-refractivity contribution in [1.29, 1.82) is 0 Å². The number of rotatable bonds is 39. The first-order chi connectivity index (χ1) is 38.8. The van der Waals surface area contributed by atoms with E-state index in [0.29, 0.717) is 0 Å². The maximum absolute atomic E-state index is 2.76. The zero-order chi connectivity index (χ0) is 56.0. The Balaban J connectivity index is 0.00000446. The van der Waals surface area contributed by atoms with Crippen molar-refractivity contribution >= 4 is 95.7 Å². The van der Waals surface area contributed by atoms with Gasteiger partial charge in [-0.2, -0.15) is 10.0 Å². The fraction of sp³-hybridized carbons (Fsp3) is 0.649. The van der Waals surface area contributed by atoms with Gasteiger partial charge < -0.3 is 0 Å². The molecule has 0 atom stereocenters. The van der Waals surface area contributed by atoms with Gasteiger partial charge in [0.1, 0.15) is 0 Å². The Morgan fingerprint density at radius 2 is 0.671 bits per heavy atom. The molecular formula is C74H112S5. The van der Waals surface area contributed by atoms with Gasteiger partial charge in [0, 0.05) is 19.5 Å². The van der Waals surface area contributed by atoms with Crippen molar-refractivity contribution < 1.29 is 0 Å². The van der Waals surface area contributed by atoms with Gasteiger partial charge in [-0.1, -0.05) is 258 Å². The summed E-state index contributed by atoms with van der Waals surface area (Å²) in [5.74, 6) is 2.80. The lowest BCUT2D eigenvalue weighted by molar-refractivity contribution is 0.600. The molecule has 0 bridgehead atoms. The molecule has 0 radical (unpaired) electrons. The SMILES string of the molecule is CC.CCCCCCCCc1c(CCCCCCCC)c2cc(-c3sc4c5c(sc4c3CCCCCC)-c3sc4c(CCCCCC)c(C)sc4c3S5(CCCCCCCC)CCCCCCCC)ccc2c2ccc(C)cc12. The third-order valence-electron chi connectivity index (χ3n) is 17.9. The Hall–Kier alpha value is -2.15. The molecule has 0 spiro atoms. The smallest absolute Gasteiger partial charge is 0.0599 e. The highest BCUT2D eigenvalue weighted by Gasteiger charge is 2.46. The highest BCUT2D eigenvalue weighted by Crippen LogP contribution is 2.80. The van der Waals surface area contributed by atoms with Crippen LogP contribution in [0.5, 0.6) is 0 Å². The molecule has 79 heavy (non-hydrogen) atoms. The summed E-state index contributed by atoms with van der Waals surface area (Å²) in [6.45, 7) is 23.0. The van der Waals surface area contributed by atoms with Crippen molar-refractivity contribution in [2.24, 2.45) is 0 Å². The van der Waals surface area contributed by atoms with Crippen LogP contribution in [-0.4, -0.2) is 11.5 Å². The summed E-state index contributed by atoms with van der Waals surface area (Å²) < 4.78 is 6.86. The average molecular weight is 1160 g/mol. The van der Waals surface area contributed by atoms with Crippen LogP contribution in [0.4, 0.5) is 0 Å². The van der Waals surface area contributed by atoms with Gasteiger partial charge in [-0.3, -0.25) is 0 Å². The highest BCUT2D eigenvalue weighted by molar-refractivity contribution is 8.34. The highest BCUT2D eigenvalue weighted by atomic mass is 32.3. The van der Waals surface area contributed by atoms with E-state index in [0.717, 1.165) is 0 Å². The van der Waals surface area contributed by atoms with E-state index in [1.807, 2.05) is 23.6 Å². The molecule has 0 amide bonds. The Morgan fingerprint density at radius 3 is 1.15 bits per heavy atom. The normalized spacial score (nSPS) is 13.3. The van der Waals surface area contributed by atoms with Crippen LogP contribution >= 0.6 is 55.4 Å². The molecule has 1 aliphatic rings. The monoisotopic (exact) mass is 1160 g/mol. The van der Waals surface area contributed by atoms with Gasteiger partial charge in [0.2, 0.25) is 0 Å². The Kier molecular flexibility index (Phi) is 27.7. The maximum Gasteiger partial charge on any atom is 0.0599 e. The Morgan fingerprint density at radius 1 is 0.316 bits per heavy atom. The minimum absolute atomic E-state index is 1.21. The number of hydrogen-bond acceptors (Lipinski definition) is 4. The van der Waals surface area contributed by atoms with Crippen LogP contribution in [0.2, 0.25) is 0 Å². The van der Waals surface area contributed by atoms with E-state index >= 15 is 0 Å². The van der Waals surface area contributed by atoms with Gasteiger partial charge >= 0.3 is 0 Å². The van der Waals surface area contributed by atoms with Gasteiger partial charge in [-0.05, 0) is 145 Å². The lowest BCUT2D eigenvalue weighted by Gasteiger charge is -2.38. The first-order valence-corrected chi connectivity index (χ1v) is 39.0. The molecule has 1 aliphatic heterocycles. The first kappa shape index (κ1) is 64.4. The number of thiophene rings is 4. The Bertz CT molecular complexity index is 2870. The van der Waals surface area contributed by atoms with Crippen LogP contribution < -0.4 is 0 Å². The molecule has 5 heterocycles. The van der Waals surface area contributed by atoms with Crippen LogP contribution in [0, 0.1) is 13.8 Å². The molecule has 0 saturated heterocycles. The summed E-state index contributed by atoms with van der Waals surface area (Å²) >= 11 is 9.05. The molecule has 0 fully saturated rings. The number of fused-ring (bicyclic) bond motifs is 10. The molecule has 0 aliphatic carbocycles. The van der Waals surface area contributed by atoms with Crippen LogP contribution in [0.3, 0.4) is 0 Å².